The van der Waals surface area contributed by atoms with Crippen LogP contribution < -0.4 is 0 Å². The number of halogens is 1. The smallest absolute Gasteiger partial charge is 0.313 e. The number of hydrogen-bond donors (Lipinski definition) is 0. The maximum absolute atomic E-state index is 12.0. The fourth-order valence-electron chi connectivity index (χ4n) is 3.80. The summed E-state index contributed by atoms with van der Waals surface area (Å²) in [4.78, 5) is 17.2. The molecule has 2 aliphatic carbocycles. The van der Waals surface area contributed by atoms with Gasteiger partial charge in [-0.25, -0.2) is 4.79 Å². The molecule has 3 rings (SSSR count). The van der Waals surface area contributed by atoms with Gasteiger partial charge in [0.1, 0.15) is 0 Å². The van der Waals surface area contributed by atoms with Crippen LogP contribution in [0.2, 0.25) is 0 Å². The summed E-state index contributed by atoms with van der Waals surface area (Å²) in [6, 6.07) is 7.12. The van der Waals surface area contributed by atoms with Gasteiger partial charge in [0.25, 0.3) is 0 Å². The molecule has 0 radical (unpaired) electrons. The number of hydrogen-bond acceptors (Lipinski definition) is 3. The lowest BCUT2D eigenvalue weighted by atomic mass is 9.70. The summed E-state index contributed by atoms with van der Waals surface area (Å²) in [6.07, 6.45) is 3.35. The highest BCUT2D eigenvalue weighted by molar-refractivity contribution is 9.10. The Morgan fingerprint density at radius 2 is 1.95 bits per heavy atom. The second-order valence-corrected chi connectivity index (χ2v) is 7.83. The Labute approximate surface area is 133 Å². The Kier molecular flexibility index (Phi) is 3.47. The molecule has 1 aromatic carbocycles. The summed E-state index contributed by atoms with van der Waals surface area (Å²) in [5.74, 6) is 0.270. The van der Waals surface area contributed by atoms with Crippen LogP contribution in [0.5, 0.6) is 0 Å². The molecule has 0 saturated heterocycles. The molecule has 0 aliphatic heterocycles. The van der Waals surface area contributed by atoms with Crippen molar-refractivity contribution < 1.29 is 9.63 Å². The van der Waals surface area contributed by atoms with Crippen LogP contribution in [0.25, 0.3) is 0 Å². The first-order valence-electron chi connectivity index (χ1n) is 7.39. The van der Waals surface area contributed by atoms with Crippen molar-refractivity contribution in [1.82, 2.24) is 0 Å². The average molecular weight is 350 g/mol. The van der Waals surface area contributed by atoms with Gasteiger partial charge < -0.3 is 4.84 Å². The van der Waals surface area contributed by atoms with E-state index in [0.29, 0.717) is 11.5 Å². The topological polar surface area (TPSA) is 38.7 Å². The van der Waals surface area contributed by atoms with Crippen LogP contribution in [-0.4, -0.2) is 11.7 Å². The van der Waals surface area contributed by atoms with Gasteiger partial charge in [-0.1, -0.05) is 41.9 Å². The van der Waals surface area contributed by atoms with Gasteiger partial charge in [-0.3, -0.25) is 0 Å². The fourth-order valence-corrected chi connectivity index (χ4v) is 4.07. The highest BCUT2D eigenvalue weighted by atomic mass is 79.9. The van der Waals surface area contributed by atoms with Gasteiger partial charge in [0, 0.05) is 9.89 Å². The highest BCUT2D eigenvalue weighted by Gasteiger charge is 2.60. The minimum atomic E-state index is -0.390. The van der Waals surface area contributed by atoms with Crippen LogP contribution in [0, 0.1) is 16.7 Å². The molecular weight excluding hydrogens is 330 g/mol. The normalized spacial score (nSPS) is 31.6. The van der Waals surface area contributed by atoms with Gasteiger partial charge in [0.05, 0.1) is 11.3 Å². The lowest BCUT2D eigenvalue weighted by Gasteiger charge is -2.34. The van der Waals surface area contributed by atoms with Crippen molar-refractivity contribution in [3.63, 3.8) is 0 Å². The van der Waals surface area contributed by atoms with E-state index < -0.39 is 0 Å². The monoisotopic (exact) mass is 349 g/mol. The van der Waals surface area contributed by atoms with Crippen LogP contribution in [0.4, 0.5) is 0 Å². The van der Waals surface area contributed by atoms with Gasteiger partial charge in [0.2, 0.25) is 0 Å². The highest BCUT2D eigenvalue weighted by Crippen LogP contribution is 2.63. The first kappa shape index (κ1) is 14.8. The molecule has 0 aromatic heterocycles. The van der Waals surface area contributed by atoms with Crippen LogP contribution in [-0.2, 0) is 4.84 Å². The minimum absolute atomic E-state index is 0.0671. The van der Waals surface area contributed by atoms with E-state index in [-0.39, 0.29) is 16.8 Å². The van der Waals surface area contributed by atoms with Gasteiger partial charge in [0.15, 0.2) is 0 Å². The van der Waals surface area contributed by atoms with Crippen LogP contribution >= 0.6 is 15.9 Å². The van der Waals surface area contributed by atoms with Crippen molar-refractivity contribution in [3.05, 3.63) is 34.3 Å². The fraction of sp³-hybridized carbons (Fsp3) is 0.529. The number of nitrogens with zero attached hydrogens (tertiary/aromatic N) is 1. The molecule has 112 valence electrons. The van der Waals surface area contributed by atoms with Crippen LogP contribution in [0.15, 0.2) is 33.9 Å². The number of carbonyl (C=O) groups is 1. The van der Waals surface area contributed by atoms with E-state index in [2.05, 4.69) is 41.9 Å². The lowest BCUT2D eigenvalue weighted by Crippen LogP contribution is -2.32. The minimum Gasteiger partial charge on any atom is -0.313 e. The first-order chi connectivity index (χ1) is 9.84. The predicted octanol–water partition coefficient (Wildman–Crippen LogP) is 4.81. The molecule has 21 heavy (non-hydrogen) atoms. The van der Waals surface area contributed by atoms with E-state index in [1.54, 1.807) is 12.1 Å². The van der Waals surface area contributed by atoms with E-state index in [9.17, 15) is 4.79 Å². The van der Waals surface area contributed by atoms with Gasteiger partial charge in [-0.15, -0.1) is 0 Å². The molecule has 2 atom stereocenters. The number of fused-ring (bicyclic) bond motifs is 2. The predicted molar refractivity (Wildman–Crippen MR) is 86.2 cm³/mol. The van der Waals surface area contributed by atoms with Gasteiger partial charge in [-0.2, -0.15) is 0 Å². The first-order valence-corrected chi connectivity index (χ1v) is 8.18. The zero-order chi connectivity index (χ0) is 15.3. The lowest BCUT2D eigenvalue weighted by molar-refractivity contribution is 0.0508. The van der Waals surface area contributed by atoms with Crippen molar-refractivity contribution in [2.45, 2.75) is 40.0 Å². The molecule has 0 N–H and O–H groups in total. The van der Waals surface area contributed by atoms with E-state index in [0.717, 1.165) is 23.0 Å². The molecule has 0 heterocycles. The number of rotatable bonds is 2. The third-order valence-corrected chi connectivity index (χ3v) is 6.36. The molecule has 2 aliphatic rings. The third kappa shape index (κ3) is 2.24. The largest absolute Gasteiger partial charge is 0.365 e. The third-order valence-electron chi connectivity index (χ3n) is 5.83. The zero-order valence-electron chi connectivity index (χ0n) is 12.6. The Hall–Kier alpha value is -1.16. The summed E-state index contributed by atoms with van der Waals surface area (Å²) in [5.41, 5.74) is 1.89. The second-order valence-electron chi connectivity index (χ2n) is 6.92. The summed E-state index contributed by atoms with van der Waals surface area (Å²) in [5, 5.41) is 4.23. The van der Waals surface area contributed by atoms with Crippen molar-refractivity contribution in [1.29, 1.82) is 0 Å². The maximum Gasteiger partial charge on any atom is 0.365 e. The quantitative estimate of drug-likeness (QED) is 0.567. The summed E-state index contributed by atoms with van der Waals surface area (Å²) in [6.45, 7) is 6.87. The molecule has 2 bridgehead atoms. The molecule has 2 fully saturated rings. The molecule has 0 unspecified atom stereocenters. The second kappa shape index (κ2) is 4.94. The van der Waals surface area contributed by atoms with Crippen molar-refractivity contribution >= 4 is 27.6 Å². The summed E-state index contributed by atoms with van der Waals surface area (Å²) >= 11 is 3.35. The summed E-state index contributed by atoms with van der Waals surface area (Å²) < 4.78 is 0.938. The molecule has 3 nitrogen and oxygen atoms in total. The Bertz CT molecular complexity index is 606. The number of benzene rings is 1. The number of oxime groups is 1. The van der Waals surface area contributed by atoms with E-state index >= 15 is 0 Å². The molecule has 1 aromatic rings. The molecule has 4 heteroatoms. The van der Waals surface area contributed by atoms with Crippen molar-refractivity contribution in [3.8, 4) is 0 Å². The molecule has 0 amide bonds. The summed E-state index contributed by atoms with van der Waals surface area (Å²) in [7, 11) is 0. The van der Waals surface area contributed by atoms with Crippen molar-refractivity contribution in [2.75, 3.05) is 0 Å². The molecule has 0 spiro atoms. The Morgan fingerprint density at radius 1 is 1.29 bits per heavy atom. The number of carbonyl (C=O) groups excluding carboxylic acids is 1. The van der Waals surface area contributed by atoms with E-state index in [1.807, 2.05) is 12.1 Å². The average Bonchev–Trinajstić information content (AvgIpc) is 2.78. The molecular formula is C17H20BrNO2. The Balaban J connectivity index is 1.76. The van der Waals surface area contributed by atoms with Gasteiger partial charge >= 0.3 is 5.97 Å². The Morgan fingerprint density at radius 3 is 2.48 bits per heavy atom. The van der Waals surface area contributed by atoms with Crippen molar-refractivity contribution in [2.24, 2.45) is 21.9 Å². The van der Waals surface area contributed by atoms with Crippen LogP contribution in [0.1, 0.15) is 50.4 Å². The molecule has 2 saturated carbocycles. The van der Waals surface area contributed by atoms with E-state index in [1.165, 1.54) is 6.42 Å². The van der Waals surface area contributed by atoms with Crippen LogP contribution in [0.3, 0.4) is 0 Å². The maximum atomic E-state index is 12.0. The standard InChI is InChI=1S/C17H20BrNO2/c1-16(2)12-8-9-17(16,3)14(10-12)19-21-15(20)11-4-6-13(18)7-5-11/h4-7,12H,8-10H2,1-3H3/b19-14+/t12-,17+/m1/s1. The SMILES string of the molecule is CC1(C)[C@@H]2CC[C@@]1(C)/C(=N/OC(=O)c1ccc(Br)cc1)C2. The van der Waals surface area contributed by atoms with E-state index in [4.69, 9.17) is 4.84 Å². The zero-order valence-corrected chi connectivity index (χ0v) is 14.2. The van der Waals surface area contributed by atoms with Gasteiger partial charge in [-0.05, 0) is 54.9 Å².